The van der Waals surface area contributed by atoms with Crippen LogP contribution in [0.25, 0.3) is 11.0 Å². The Kier molecular flexibility index (Phi) is 5.88. The number of rotatable bonds is 5. The van der Waals surface area contributed by atoms with E-state index in [-0.39, 0.29) is 11.8 Å². The average Bonchev–Trinajstić information content (AvgIpc) is 3.49. The molecule has 1 aliphatic heterocycles. The van der Waals surface area contributed by atoms with E-state index in [2.05, 4.69) is 10.3 Å². The van der Waals surface area contributed by atoms with Crippen LogP contribution in [-0.2, 0) is 11.3 Å². The third-order valence-corrected chi connectivity index (χ3v) is 6.81. The molecule has 2 aromatic carbocycles. The SMILES string of the molecule is O=C(CC1CCCC1)N1CCN(C(=O)c2ccc(Cn3nnc4ccccc43)cc2)CC1. The van der Waals surface area contributed by atoms with Gasteiger partial charge in [0.15, 0.2) is 0 Å². The summed E-state index contributed by atoms with van der Waals surface area (Å²) in [5, 5.41) is 8.43. The van der Waals surface area contributed by atoms with Gasteiger partial charge >= 0.3 is 0 Å². The Morgan fingerprint density at radius 2 is 1.56 bits per heavy atom. The fourth-order valence-electron chi connectivity index (χ4n) is 4.89. The minimum absolute atomic E-state index is 0.0330. The second kappa shape index (κ2) is 9.10. The van der Waals surface area contributed by atoms with Gasteiger partial charge < -0.3 is 9.80 Å². The monoisotopic (exact) mass is 431 g/mol. The topological polar surface area (TPSA) is 71.3 Å². The lowest BCUT2D eigenvalue weighted by molar-refractivity contribution is -0.133. The summed E-state index contributed by atoms with van der Waals surface area (Å²) in [6.45, 7) is 3.07. The molecular weight excluding hydrogens is 402 g/mol. The van der Waals surface area contributed by atoms with Gasteiger partial charge in [0.05, 0.1) is 12.1 Å². The Hall–Kier alpha value is -3.22. The van der Waals surface area contributed by atoms with Crippen molar-refractivity contribution in [3.8, 4) is 0 Å². The van der Waals surface area contributed by atoms with Crippen LogP contribution in [0.5, 0.6) is 0 Å². The first-order chi connectivity index (χ1) is 15.7. The zero-order valence-corrected chi connectivity index (χ0v) is 18.3. The fraction of sp³-hybridized carbons (Fsp3) is 0.440. The molecular formula is C25H29N5O2. The van der Waals surface area contributed by atoms with E-state index in [0.29, 0.717) is 50.6 Å². The van der Waals surface area contributed by atoms with Crippen LogP contribution < -0.4 is 0 Å². The Morgan fingerprint density at radius 3 is 2.31 bits per heavy atom. The number of nitrogens with zero attached hydrogens (tertiary/aromatic N) is 5. The number of piperazine rings is 1. The van der Waals surface area contributed by atoms with Gasteiger partial charge in [-0.25, -0.2) is 4.68 Å². The van der Waals surface area contributed by atoms with E-state index in [4.69, 9.17) is 0 Å². The molecule has 1 saturated heterocycles. The van der Waals surface area contributed by atoms with Crippen molar-refractivity contribution >= 4 is 22.8 Å². The molecule has 0 spiro atoms. The van der Waals surface area contributed by atoms with Crippen molar-refractivity contribution < 1.29 is 9.59 Å². The summed E-state index contributed by atoms with van der Waals surface area (Å²) in [7, 11) is 0. The Labute approximate surface area is 188 Å². The van der Waals surface area contributed by atoms with Gasteiger partial charge in [-0.05, 0) is 48.6 Å². The van der Waals surface area contributed by atoms with Crippen LogP contribution in [0.4, 0.5) is 0 Å². The smallest absolute Gasteiger partial charge is 0.253 e. The van der Waals surface area contributed by atoms with E-state index < -0.39 is 0 Å². The van der Waals surface area contributed by atoms with E-state index in [1.807, 2.05) is 63.0 Å². The van der Waals surface area contributed by atoms with Crippen molar-refractivity contribution in [3.05, 3.63) is 59.7 Å². The van der Waals surface area contributed by atoms with Crippen molar-refractivity contribution in [3.63, 3.8) is 0 Å². The number of para-hydroxylation sites is 1. The summed E-state index contributed by atoms with van der Waals surface area (Å²) in [6, 6.07) is 15.6. The highest BCUT2D eigenvalue weighted by atomic mass is 16.2. The zero-order valence-electron chi connectivity index (χ0n) is 18.3. The van der Waals surface area contributed by atoms with Gasteiger partial charge in [-0.3, -0.25) is 9.59 Å². The highest BCUT2D eigenvalue weighted by Gasteiger charge is 2.27. The number of benzene rings is 2. The van der Waals surface area contributed by atoms with Crippen LogP contribution in [0.2, 0.25) is 0 Å². The molecule has 2 amide bonds. The molecule has 2 heterocycles. The summed E-state index contributed by atoms with van der Waals surface area (Å²) in [4.78, 5) is 29.3. The molecule has 0 atom stereocenters. The molecule has 1 aromatic heterocycles. The minimum Gasteiger partial charge on any atom is -0.339 e. The van der Waals surface area contributed by atoms with Crippen LogP contribution in [0.3, 0.4) is 0 Å². The summed E-state index contributed by atoms with van der Waals surface area (Å²) in [5.41, 5.74) is 3.62. The maximum absolute atomic E-state index is 13.0. The summed E-state index contributed by atoms with van der Waals surface area (Å²) in [6.07, 6.45) is 5.57. The van der Waals surface area contributed by atoms with Crippen molar-refractivity contribution in [1.82, 2.24) is 24.8 Å². The van der Waals surface area contributed by atoms with Crippen LogP contribution in [0.1, 0.15) is 48.0 Å². The first-order valence-electron chi connectivity index (χ1n) is 11.6. The second-order valence-corrected chi connectivity index (χ2v) is 8.96. The van der Waals surface area contributed by atoms with Crippen LogP contribution in [-0.4, -0.2) is 62.8 Å². The van der Waals surface area contributed by atoms with E-state index in [0.717, 1.165) is 16.6 Å². The lowest BCUT2D eigenvalue weighted by Crippen LogP contribution is -2.50. The van der Waals surface area contributed by atoms with Gasteiger partial charge in [0.25, 0.3) is 5.91 Å². The summed E-state index contributed by atoms with van der Waals surface area (Å²) in [5.74, 6) is 0.857. The lowest BCUT2D eigenvalue weighted by atomic mass is 10.0. The summed E-state index contributed by atoms with van der Waals surface area (Å²) >= 11 is 0. The fourth-order valence-corrected chi connectivity index (χ4v) is 4.89. The summed E-state index contributed by atoms with van der Waals surface area (Å²) < 4.78 is 1.87. The maximum atomic E-state index is 13.0. The molecule has 0 unspecified atom stereocenters. The highest BCUT2D eigenvalue weighted by molar-refractivity contribution is 5.94. The van der Waals surface area contributed by atoms with Gasteiger partial charge in [0, 0.05) is 38.2 Å². The Bertz CT molecular complexity index is 1090. The molecule has 5 rings (SSSR count). The average molecular weight is 432 g/mol. The number of aromatic nitrogens is 3. The standard InChI is InChI=1S/C25H29N5O2/c31-24(17-19-5-1-2-6-19)28-13-15-29(16-14-28)25(32)21-11-9-20(10-12-21)18-30-23-8-4-3-7-22(23)26-27-30/h3-4,7-12,19H,1-2,5-6,13-18H2. The van der Waals surface area contributed by atoms with E-state index in [1.54, 1.807) is 0 Å². The highest BCUT2D eigenvalue weighted by Crippen LogP contribution is 2.28. The Morgan fingerprint density at radius 1 is 0.875 bits per heavy atom. The van der Waals surface area contributed by atoms with Crippen LogP contribution in [0, 0.1) is 5.92 Å². The molecule has 7 nitrogen and oxygen atoms in total. The molecule has 1 saturated carbocycles. The number of hydrogen-bond acceptors (Lipinski definition) is 4. The normalized spacial score (nSPS) is 17.2. The molecule has 0 N–H and O–H groups in total. The van der Waals surface area contributed by atoms with Crippen molar-refractivity contribution in [2.24, 2.45) is 5.92 Å². The van der Waals surface area contributed by atoms with Gasteiger partial charge in [0.2, 0.25) is 5.91 Å². The van der Waals surface area contributed by atoms with Crippen molar-refractivity contribution in [2.45, 2.75) is 38.6 Å². The van der Waals surface area contributed by atoms with Gasteiger partial charge in [-0.2, -0.15) is 0 Å². The molecule has 1 aliphatic carbocycles. The molecule has 2 aliphatic rings. The second-order valence-electron chi connectivity index (χ2n) is 8.96. The zero-order chi connectivity index (χ0) is 21.9. The van der Waals surface area contributed by atoms with Crippen LogP contribution in [0.15, 0.2) is 48.5 Å². The maximum Gasteiger partial charge on any atom is 0.253 e. The van der Waals surface area contributed by atoms with Gasteiger partial charge in [0.1, 0.15) is 5.52 Å². The van der Waals surface area contributed by atoms with E-state index >= 15 is 0 Å². The predicted molar refractivity (Wildman–Crippen MR) is 122 cm³/mol. The van der Waals surface area contributed by atoms with Gasteiger partial charge in [-0.1, -0.05) is 42.3 Å². The van der Waals surface area contributed by atoms with E-state index in [1.165, 1.54) is 25.7 Å². The van der Waals surface area contributed by atoms with Crippen molar-refractivity contribution in [1.29, 1.82) is 0 Å². The molecule has 0 radical (unpaired) electrons. The first kappa shape index (κ1) is 20.7. The van der Waals surface area contributed by atoms with Crippen molar-refractivity contribution in [2.75, 3.05) is 26.2 Å². The number of hydrogen-bond donors (Lipinski definition) is 0. The third kappa shape index (κ3) is 4.38. The number of amides is 2. The van der Waals surface area contributed by atoms with Gasteiger partial charge in [-0.15, -0.1) is 5.10 Å². The third-order valence-electron chi connectivity index (χ3n) is 6.81. The molecule has 3 aromatic rings. The first-order valence-corrected chi connectivity index (χ1v) is 11.6. The molecule has 0 bridgehead atoms. The predicted octanol–water partition coefficient (Wildman–Crippen LogP) is 3.34. The number of fused-ring (bicyclic) bond motifs is 1. The lowest BCUT2D eigenvalue weighted by Gasteiger charge is -2.35. The largest absolute Gasteiger partial charge is 0.339 e. The minimum atomic E-state index is 0.0330. The quantitative estimate of drug-likeness (QED) is 0.621. The number of carbonyl (C=O) groups is 2. The van der Waals surface area contributed by atoms with Crippen LogP contribution >= 0.6 is 0 Å². The molecule has 2 fully saturated rings. The molecule has 7 heteroatoms. The van der Waals surface area contributed by atoms with E-state index in [9.17, 15) is 9.59 Å². The molecule has 32 heavy (non-hydrogen) atoms. The Balaban J connectivity index is 1.16. The number of carbonyl (C=O) groups excluding carboxylic acids is 2. The molecule has 166 valence electrons.